The summed E-state index contributed by atoms with van der Waals surface area (Å²) in [6, 6.07) is 0. The van der Waals surface area contributed by atoms with Crippen LogP contribution in [0.3, 0.4) is 0 Å². The maximum Gasteiger partial charge on any atom is 0.336 e. The lowest BCUT2D eigenvalue weighted by Gasteiger charge is -2.31. The molecule has 1 aliphatic carbocycles. The number of carbonyl (C=O) groups is 2. The Morgan fingerprint density at radius 2 is 2.00 bits per heavy atom. The molecule has 1 aliphatic heterocycles. The molecule has 0 radical (unpaired) electrons. The molecule has 0 bridgehead atoms. The van der Waals surface area contributed by atoms with Crippen LogP contribution >= 0.6 is 11.6 Å². The predicted molar refractivity (Wildman–Crippen MR) is 106 cm³/mol. The average Bonchev–Trinajstić information content (AvgIpc) is 3.02. The number of rotatable bonds is 8. The molecule has 2 rings (SSSR count). The summed E-state index contributed by atoms with van der Waals surface area (Å²) in [5.41, 5.74) is 0.991. The molecule has 0 amide bonds. The molecule has 0 spiro atoms. The summed E-state index contributed by atoms with van der Waals surface area (Å²) in [4.78, 5) is 23.8. The van der Waals surface area contributed by atoms with E-state index in [1.165, 1.54) is 7.11 Å². The fourth-order valence-corrected chi connectivity index (χ4v) is 4.31. The van der Waals surface area contributed by atoms with Crippen LogP contribution in [0.2, 0.25) is 0 Å². The van der Waals surface area contributed by atoms with Crippen LogP contribution < -0.4 is 0 Å². The molecule has 6 nitrogen and oxygen atoms in total. The zero-order valence-corrected chi connectivity index (χ0v) is 17.7. The van der Waals surface area contributed by atoms with Gasteiger partial charge in [0.15, 0.2) is 6.29 Å². The van der Waals surface area contributed by atoms with Crippen LogP contribution in [0.4, 0.5) is 0 Å². The molecule has 0 aromatic rings. The van der Waals surface area contributed by atoms with E-state index in [2.05, 4.69) is 24.8 Å². The molecule has 0 aromatic carbocycles. The fraction of sp³-hybridized carbons (Fsp3) is 0.714. The zero-order valence-electron chi connectivity index (χ0n) is 16.9. The van der Waals surface area contributed by atoms with Crippen molar-refractivity contribution in [3.8, 4) is 0 Å². The number of carbonyl (C=O) groups excluding carboxylic acids is 2. The zero-order chi connectivity index (χ0) is 20.8. The number of hydrogen-bond acceptors (Lipinski definition) is 6. The van der Waals surface area contributed by atoms with E-state index in [4.69, 9.17) is 25.8 Å². The largest absolute Gasteiger partial charge is 0.467 e. The van der Waals surface area contributed by atoms with Crippen molar-refractivity contribution in [1.29, 1.82) is 0 Å². The quantitative estimate of drug-likeness (QED) is 0.261. The number of hydrogen-bond donors (Lipinski definition) is 0. The van der Waals surface area contributed by atoms with Crippen molar-refractivity contribution in [2.75, 3.05) is 13.7 Å². The van der Waals surface area contributed by atoms with Crippen LogP contribution in [0.1, 0.15) is 39.5 Å². The van der Waals surface area contributed by atoms with Crippen molar-refractivity contribution in [3.63, 3.8) is 0 Å². The molecule has 7 atom stereocenters. The first-order valence-corrected chi connectivity index (χ1v) is 10.2. The highest BCUT2D eigenvalue weighted by atomic mass is 35.5. The predicted octanol–water partition coefficient (Wildman–Crippen LogP) is 3.62. The molecule has 2 fully saturated rings. The fourth-order valence-electron chi connectivity index (χ4n) is 4.16. The standard InChI is InChI=1S/C21H31ClO6/c1-6-15(28-21(24)19(22)20(23)25-5)18-13(4)16(11-14(18)12(2)3)27-17-9-7-8-10-26-17/h6,13-19H,1-2,7-11H2,3-5H3/t13-,14+,15+,16-,17?,18+,19?/m1/s1. The Morgan fingerprint density at radius 1 is 1.29 bits per heavy atom. The van der Waals surface area contributed by atoms with Crippen molar-refractivity contribution in [3.05, 3.63) is 24.8 Å². The van der Waals surface area contributed by atoms with E-state index in [-0.39, 0.29) is 30.1 Å². The van der Waals surface area contributed by atoms with E-state index in [0.717, 1.165) is 37.9 Å². The topological polar surface area (TPSA) is 71.1 Å². The van der Waals surface area contributed by atoms with Gasteiger partial charge >= 0.3 is 11.9 Å². The third kappa shape index (κ3) is 5.37. The third-order valence-electron chi connectivity index (χ3n) is 5.72. The molecule has 0 N–H and O–H groups in total. The highest BCUT2D eigenvalue weighted by Crippen LogP contribution is 2.46. The number of halogens is 1. The molecule has 0 aromatic heterocycles. The van der Waals surface area contributed by atoms with Crippen molar-refractivity contribution in [2.45, 2.75) is 63.4 Å². The number of ether oxygens (including phenoxy) is 4. The van der Waals surface area contributed by atoms with E-state index >= 15 is 0 Å². The summed E-state index contributed by atoms with van der Waals surface area (Å²) in [7, 11) is 1.17. The smallest absolute Gasteiger partial charge is 0.336 e. The Balaban J connectivity index is 2.11. The molecule has 2 unspecified atom stereocenters. The lowest BCUT2D eigenvalue weighted by Crippen LogP contribution is -2.37. The Morgan fingerprint density at radius 3 is 2.54 bits per heavy atom. The second-order valence-corrected chi connectivity index (χ2v) is 8.06. The molecule has 1 heterocycles. The molecule has 1 saturated carbocycles. The Hall–Kier alpha value is -1.37. The normalized spacial score (nSPS) is 32.2. The first kappa shape index (κ1) is 22.9. The first-order chi connectivity index (χ1) is 13.3. The second kappa shape index (κ2) is 10.4. The molecule has 7 heteroatoms. The maximum atomic E-state index is 12.3. The number of esters is 2. The Labute approximate surface area is 172 Å². The van der Waals surface area contributed by atoms with Gasteiger partial charge in [-0.2, -0.15) is 0 Å². The van der Waals surface area contributed by atoms with Gasteiger partial charge in [0.1, 0.15) is 6.10 Å². The molecule has 158 valence electrons. The van der Waals surface area contributed by atoms with Crippen LogP contribution in [0.5, 0.6) is 0 Å². The summed E-state index contributed by atoms with van der Waals surface area (Å²) >= 11 is 5.84. The van der Waals surface area contributed by atoms with Crippen molar-refractivity contribution in [1.82, 2.24) is 0 Å². The van der Waals surface area contributed by atoms with Crippen molar-refractivity contribution >= 4 is 23.5 Å². The van der Waals surface area contributed by atoms with Crippen molar-refractivity contribution in [2.24, 2.45) is 17.8 Å². The van der Waals surface area contributed by atoms with Gasteiger partial charge in [0, 0.05) is 12.5 Å². The van der Waals surface area contributed by atoms with E-state index in [1.807, 2.05) is 6.92 Å². The first-order valence-electron chi connectivity index (χ1n) is 9.77. The maximum absolute atomic E-state index is 12.3. The number of methoxy groups -OCH3 is 1. The van der Waals surface area contributed by atoms with Crippen LogP contribution in [0.25, 0.3) is 0 Å². The monoisotopic (exact) mass is 414 g/mol. The molecular formula is C21H31ClO6. The average molecular weight is 415 g/mol. The van der Waals surface area contributed by atoms with Gasteiger partial charge in [-0.25, -0.2) is 9.59 Å². The lowest BCUT2D eigenvalue weighted by molar-refractivity contribution is -0.195. The summed E-state index contributed by atoms with van der Waals surface area (Å²) in [5.74, 6) is -1.60. The van der Waals surface area contributed by atoms with Crippen LogP contribution in [-0.4, -0.2) is 49.5 Å². The summed E-state index contributed by atoms with van der Waals surface area (Å²) < 4.78 is 22.0. The van der Waals surface area contributed by atoms with Gasteiger partial charge in [-0.05, 0) is 44.4 Å². The SMILES string of the molecule is C=C[C@H](OC(=O)C(Cl)C(=O)OC)[C@H]1[C@H](C)[C@H](OC2CCCCO2)C[C@H]1C(=C)C. The van der Waals surface area contributed by atoms with Gasteiger partial charge in [-0.15, -0.1) is 0 Å². The molecule has 28 heavy (non-hydrogen) atoms. The summed E-state index contributed by atoms with van der Waals surface area (Å²) in [5, 5.41) is -1.50. The summed E-state index contributed by atoms with van der Waals surface area (Å²) in [6.45, 7) is 12.7. The van der Waals surface area contributed by atoms with Gasteiger partial charge in [0.2, 0.25) is 5.38 Å². The van der Waals surface area contributed by atoms with Gasteiger partial charge in [0.25, 0.3) is 0 Å². The minimum absolute atomic E-state index is 0.0386. The van der Waals surface area contributed by atoms with Gasteiger partial charge in [0.05, 0.1) is 13.2 Å². The minimum atomic E-state index is -1.50. The van der Waals surface area contributed by atoms with Crippen LogP contribution in [0.15, 0.2) is 24.8 Å². The highest BCUT2D eigenvalue weighted by Gasteiger charge is 2.47. The van der Waals surface area contributed by atoms with Gasteiger partial charge in [-0.3, -0.25) is 0 Å². The van der Waals surface area contributed by atoms with E-state index < -0.39 is 23.4 Å². The van der Waals surface area contributed by atoms with Crippen LogP contribution in [-0.2, 0) is 28.5 Å². The van der Waals surface area contributed by atoms with E-state index in [9.17, 15) is 9.59 Å². The lowest BCUT2D eigenvalue weighted by atomic mass is 9.82. The van der Waals surface area contributed by atoms with E-state index in [1.54, 1.807) is 6.08 Å². The third-order valence-corrected chi connectivity index (χ3v) is 6.08. The van der Waals surface area contributed by atoms with Crippen LogP contribution in [0, 0.1) is 17.8 Å². The Kier molecular flexibility index (Phi) is 8.53. The number of alkyl halides is 1. The van der Waals surface area contributed by atoms with Crippen molar-refractivity contribution < 1.29 is 28.5 Å². The van der Waals surface area contributed by atoms with E-state index in [0.29, 0.717) is 0 Å². The highest BCUT2D eigenvalue weighted by molar-refractivity contribution is 6.39. The summed E-state index contributed by atoms with van der Waals surface area (Å²) in [6.07, 6.45) is 4.54. The van der Waals surface area contributed by atoms with Gasteiger partial charge in [-0.1, -0.05) is 43.3 Å². The molecule has 2 aliphatic rings. The number of allylic oxidation sites excluding steroid dienone is 1. The second-order valence-electron chi connectivity index (χ2n) is 7.62. The molecule has 1 saturated heterocycles. The Bertz CT molecular complexity index is 585. The van der Waals surface area contributed by atoms with Gasteiger partial charge < -0.3 is 18.9 Å². The minimum Gasteiger partial charge on any atom is -0.467 e. The molecular weight excluding hydrogens is 384 g/mol.